The lowest BCUT2D eigenvalue weighted by molar-refractivity contribution is -0.136. The van der Waals surface area contributed by atoms with E-state index >= 15 is 4.79 Å². The summed E-state index contributed by atoms with van der Waals surface area (Å²) in [7, 11) is 1.09. The molecule has 0 saturated carbocycles. The van der Waals surface area contributed by atoms with E-state index in [4.69, 9.17) is 4.74 Å². The number of para-hydroxylation sites is 2. The Morgan fingerprint density at radius 3 is 1.68 bits per heavy atom. The first-order valence-electron chi connectivity index (χ1n) is 13.6. The minimum absolute atomic E-state index is 0.0735. The number of benzene rings is 4. The Kier molecular flexibility index (Phi) is 6.98. The Morgan fingerprint density at radius 2 is 1.16 bits per heavy atom. The van der Waals surface area contributed by atoms with Crippen molar-refractivity contribution in [2.75, 3.05) is 16.9 Å². The van der Waals surface area contributed by atoms with E-state index in [-0.39, 0.29) is 22.5 Å². The molecule has 2 heterocycles. The van der Waals surface area contributed by atoms with Gasteiger partial charge in [-0.25, -0.2) is 4.79 Å². The van der Waals surface area contributed by atoms with Crippen LogP contribution in [0.2, 0.25) is 0 Å². The Morgan fingerprint density at radius 1 is 0.682 bits per heavy atom. The highest BCUT2D eigenvalue weighted by Crippen LogP contribution is 2.53. The van der Waals surface area contributed by atoms with E-state index in [1.807, 2.05) is 0 Å². The number of anilines is 2. The predicted octanol–water partition coefficient (Wildman–Crippen LogP) is 4.67. The molecule has 2 aliphatic rings. The van der Waals surface area contributed by atoms with E-state index in [0.29, 0.717) is 0 Å². The number of hydrogen-bond acceptors (Lipinski definition) is 7. The molecule has 216 valence electrons. The van der Waals surface area contributed by atoms with Crippen molar-refractivity contribution in [2.24, 2.45) is 0 Å². The summed E-state index contributed by atoms with van der Waals surface area (Å²) in [5.74, 6) is -5.94. The maximum absolute atomic E-state index is 15.2. The topological polar surface area (TPSA) is 121 Å². The van der Waals surface area contributed by atoms with Crippen LogP contribution in [0.3, 0.4) is 0 Å². The number of hydrogen-bond donors (Lipinski definition) is 1. The molecule has 9 heteroatoms. The summed E-state index contributed by atoms with van der Waals surface area (Å²) >= 11 is 0. The number of esters is 1. The number of amides is 2. The van der Waals surface area contributed by atoms with Crippen LogP contribution in [-0.2, 0) is 23.9 Å². The number of ketones is 2. The molecule has 44 heavy (non-hydrogen) atoms. The first-order chi connectivity index (χ1) is 21.3. The van der Waals surface area contributed by atoms with Gasteiger partial charge in [0.05, 0.1) is 18.3 Å². The third-order valence-electron chi connectivity index (χ3n) is 7.61. The molecule has 4 aromatic rings. The van der Waals surface area contributed by atoms with Gasteiger partial charge in [0.15, 0.2) is 11.3 Å². The monoisotopic (exact) mass is 584 g/mol. The average molecular weight is 585 g/mol. The van der Waals surface area contributed by atoms with Crippen LogP contribution in [0.1, 0.15) is 15.9 Å². The van der Waals surface area contributed by atoms with Gasteiger partial charge in [-0.05, 0) is 24.3 Å². The van der Waals surface area contributed by atoms with E-state index in [1.165, 1.54) is 48.5 Å². The number of carbonyl (C=O) groups is 5. The molecule has 6 rings (SSSR count). The number of Topliss-reactive ketones (excluding diaryl/α,β-unsaturated/α-hetero) is 2. The SMILES string of the molecule is COC(=O)C1=C(C(=O)c2ccccc2)C2(C(=O)N1c1ccccc1)/C(=C(\O)c1ccccc1)C(=O)C(=O)N2c1ccccc1. The number of rotatable bonds is 6. The Labute approximate surface area is 251 Å². The van der Waals surface area contributed by atoms with Crippen LogP contribution in [0, 0.1) is 0 Å². The van der Waals surface area contributed by atoms with Gasteiger partial charge in [-0.3, -0.25) is 29.0 Å². The summed E-state index contributed by atoms with van der Waals surface area (Å²) in [5.41, 5.74) is -3.79. The fourth-order valence-corrected chi connectivity index (χ4v) is 5.76. The molecular formula is C35H24N2O7. The minimum Gasteiger partial charge on any atom is -0.507 e. The number of aliphatic hydroxyl groups is 1. The van der Waals surface area contributed by atoms with Crippen molar-refractivity contribution < 1.29 is 33.8 Å². The smallest absolute Gasteiger partial charge is 0.355 e. The zero-order valence-electron chi connectivity index (χ0n) is 23.3. The van der Waals surface area contributed by atoms with E-state index in [9.17, 15) is 24.3 Å². The molecule has 2 amide bonds. The third-order valence-corrected chi connectivity index (χ3v) is 7.61. The van der Waals surface area contributed by atoms with Gasteiger partial charge in [0.25, 0.3) is 11.7 Å². The van der Waals surface area contributed by atoms with E-state index in [2.05, 4.69) is 0 Å². The Bertz CT molecular complexity index is 1880. The molecule has 1 unspecified atom stereocenters. The van der Waals surface area contributed by atoms with Gasteiger partial charge in [0.1, 0.15) is 11.5 Å². The van der Waals surface area contributed by atoms with Crippen LogP contribution in [0.25, 0.3) is 5.76 Å². The third kappa shape index (κ3) is 4.05. The molecule has 2 aliphatic heterocycles. The van der Waals surface area contributed by atoms with Gasteiger partial charge in [-0.2, -0.15) is 0 Å². The summed E-state index contributed by atoms with van der Waals surface area (Å²) in [6.45, 7) is 0. The van der Waals surface area contributed by atoms with Gasteiger partial charge in [0.2, 0.25) is 0 Å². The Hall–Kier alpha value is -6.09. The highest BCUT2D eigenvalue weighted by atomic mass is 16.5. The molecule has 0 bridgehead atoms. The van der Waals surface area contributed by atoms with Gasteiger partial charge in [-0.15, -0.1) is 0 Å². The number of carbonyl (C=O) groups excluding carboxylic acids is 5. The summed E-state index contributed by atoms with van der Waals surface area (Å²) in [6.07, 6.45) is 0. The molecule has 0 aromatic heterocycles. The van der Waals surface area contributed by atoms with Crippen molar-refractivity contribution in [3.05, 3.63) is 149 Å². The molecule has 1 spiro atoms. The van der Waals surface area contributed by atoms with E-state index in [0.717, 1.165) is 16.9 Å². The first kappa shape index (κ1) is 28.0. The number of nitrogens with zero attached hydrogens (tertiary/aromatic N) is 2. The fourth-order valence-electron chi connectivity index (χ4n) is 5.76. The number of ether oxygens (including phenoxy) is 1. The van der Waals surface area contributed by atoms with Crippen LogP contribution < -0.4 is 9.80 Å². The lowest BCUT2D eigenvalue weighted by Crippen LogP contribution is -2.56. The normalized spacial score (nSPS) is 19.2. The highest BCUT2D eigenvalue weighted by molar-refractivity contribution is 6.57. The summed E-state index contributed by atoms with van der Waals surface area (Å²) in [6, 6.07) is 31.6. The molecule has 0 aliphatic carbocycles. The first-order valence-corrected chi connectivity index (χ1v) is 13.6. The van der Waals surface area contributed by atoms with Crippen LogP contribution in [0.15, 0.2) is 138 Å². The van der Waals surface area contributed by atoms with Crippen LogP contribution in [0.5, 0.6) is 0 Å². The predicted molar refractivity (Wildman–Crippen MR) is 161 cm³/mol. The number of methoxy groups -OCH3 is 1. The van der Waals surface area contributed by atoms with Crippen molar-refractivity contribution in [1.82, 2.24) is 0 Å². The Balaban J connectivity index is 1.82. The van der Waals surface area contributed by atoms with Gasteiger partial charge in [0, 0.05) is 22.5 Å². The number of aliphatic hydroxyl groups excluding tert-OH is 1. The van der Waals surface area contributed by atoms with Crippen molar-refractivity contribution in [1.29, 1.82) is 0 Å². The lowest BCUT2D eigenvalue weighted by Gasteiger charge is -2.35. The molecule has 9 nitrogen and oxygen atoms in total. The standard InChI is InChI=1S/C35H24N2O7/c1-44-33(42)28-26(29(38)22-14-6-2-7-15-22)35(34(43)36(28)24-18-10-4-11-19-24)27(30(39)23-16-8-3-9-17-23)31(40)32(41)37(35)25-20-12-5-13-21-25/h2-21,39H,1H3/b30-27-. The van der Waals surface area contributed by atoms with Gasteiger partial charge in [-0.1, -0.05) is 97.1 Å². The molecule has 1 saturated heterocycles. The summed E-state index contributed by atoms with van der Waals surface area (Å²) in [4.78, 5) is 73.5. The van der Waals surface area contributed by atoms with Gasteiger partial charge >= 0.3 is 11.9 Å². The van der Waals surface area contributed by atoms with E-state index in [1.54, 1.807) is 72.8 Å². The van der Waals surface area contributed by atoms with Crippen molar-refractivity contribution in [2.45, 2.75) is 5.54 Å². The lowest BCUT2D eigenvalue weighted by atomic mass is 9.77. The van der Waals surface area contributed by atoms with Crippen LogP contribution in [0.4, 0.5) is 11.4 Å². The largest absolute Gasteiger partial charge is 0.507 e. The molecule has 1 atom stereocenters. The second kappa shape index (κ2) is 11.0. The van der Waals surface area contributed by atoms with Gasteiger partial charge < -0.3 is 9.84 Å². The van der Waals surface area contributed by atoms with Crippen LogP contribution >= 0.6 is 0 Å². The summed E-state index contributed by atoms with van der Waals surface area (Å²) < 4.78 is 5.12. The zero-order chi connectivity index (χ0) is 31.0. The average Bonchev–Trinajstić information content (AvgIpc) is 3.47. The quantitative estimate of drug-likeness (QED) is 0.115. The van der Waals surface area contributed by atoms with Crippen molar-refractivity contribution in [3.8, 4) is 0 Å². The van der Waals surface area contributed by atoms with Crippen LogP contribution in [-0.4, -0.2) is 47.1 Å². The summed E-state index contributed by atoms with van der Waals surface area (Å²) in [5, 5.41) is 11.8. The fraction of sp³-hybridized carbons (Fsp3) is 0.0571. The minimum atomic E-state index is -2.60. The molecular weight excluding hydrogens is 560 g/mol. The maximum Gasteiger partial charge on any atom is 0.355 e. The molecule has 4 aromatic carbocycles. The second-order valence-electron chi connectivity index (χ2n) is 9.99. The molecule has 1 N–H and O–H groups in total. The van der Waals surface area contributed by atoms with Crippen molar-refractivity contribution >= 4 is 46.5 Å². The zero-order valence-corrected chi connectivity index (χ0v) is 23.3. The van der Waals surface area contributed by atoms with E-state index < -0.39 is 57.5 Å². The highest BCUT2D eigenvalue weighted by Gasteiger charge is 2.71. The maximum atomic E-state index is 15.2. The molecule has 0 radical (unpaired) electrons. The van der Waals surface area contributed by atoms with Crippen molar-refractivity contribution in [3.63, 3.8) is 0 Å². The second-order valence-corrected chi connectivity index (χ2v) is 9.99. The molecule has 1 fully saturated rings.